The Kier molecular flexibility index (Phi) is 8.66. The van der Waals surface area contributed by atoms with Crippen LogP contribution in [0.5, 0.6) is 0 Å². The Morgan fingerprint density at radius 1 is 1.11 bits per heavy atom. The predicted molar refractivity (Wildman–Crippen MR) is 140 cm³/mol. The number of nitrogens with zero attached hydrogens (tertiary/aromatic N) is 3. The quantitative estimate of drug-likeness (QED) is 0.428. The van der Waals surface area contributed by atoms with Crippen LogP contribution in [-0.4, -0.2) is 60.9 Å². The Hall–Kier alpha value is -2.88. The van der Waals surface area contributed by atoms with Crippen LogP contribution in [-0.2, 0) is 14.8 Å². The number of hydrogen-bond acceptors (Lipinski definition) is 6. The molecule has 1 aliphatic rings. The molecule has 0 radical (unpaired) electrons. The first kappa shape index (κ1) is 26.2. The van der Waals surface area contributed by atoms with Crippen molar-refractivity contribution < 1.29 is 17.9 Å². The van der Waals surface area contributed by atoms with Crippen molar-refractivity contribution in [2.24, 2.45) is 0 Å². The summed E-state index contributed by atoms with van der Waals surface area (Å²) in [7, 11) is -3.67. The van der Waals surface area contributed by atoms with Gasteiger partial charge in [-0.2, -0.15) is 4.31 Å². The molecule has 192 valence electrons. The Bertz CT molecular complexity index is 1290. The molecule has 0 atom stereocenters. The second-order valence-electron chi connectivity index (χ2n) is 9.32. The minimum Gasteiger partial charge on any atom is -0.379 e. The average molecular weight is 511 g/mol. The van der Waals surface area contributed by atoms with Crippen LogP contribution >= 0.6 is 0 Å². The van der Waals surface area contributed by atoms with Gasteiger partial charge in [-0.25, -0.2) is 13.4 Å². The number of ether oxygens (including phenoxy) is 1. The van der Waals surface area contributed by atoms with Crippen molar-refractivity contribution >= 4 is 26.8 Å². The summed E-state index contributed by atoms with van der Waals surface area (Å²) in [5.74, 6) is -0.276. The highest BCUT2D eigenvalue weighted by Gasteiger charge is 2.26. The predicted octanol–water partition coefficient (Wildman–Crippen LogP) is 4.41. The topological polar surface area (TPSA) is 101 Å². The zero-order valence-electron chi connectivity index (χ0n) is 20.9. The largest absolute Gasteiger partial charge is 0.379 e. The fraction of sp³-hybridized carbons (Fsp3) is 0.444. The number of pyridine rings is 2. The molecule has 0 saturated carbocycles. The van der Waals surface area contributed by atoms with Gasteiger partial charge < -0.3 is 10.1 Å². The van der Waals surface area contributed by atoms with Crippen LogP contribution in [0.25, 0.3) is 22.2 Å². The van der Waals surface area contributed by atoms with Crippen LogP contribution in [0.1, 0.15) is 56.3 Å². The van der Waals surface area contributed by atoms with E-state index in [-0.39, 0.29) is 16.9 Å². The zero-order chi connectivity index (χ0) is 25.5. The van der Waals surface area contributed by atoms with Crippen LogP contribution in [0, 0.1) is 0 Å². The summed E-state index contributed by atoms with van der Waals surface area (Å²) in [6.07, 6.45) is 7.98. The van der Waals surface area contributed by atoms with Crippen molar-refractivity contribution in [2.75, 3.05) is 26.2 Å². The molecule has 1 aromatic carbocycles. The average Bonchev–Trinajstić information content (AvgIpc) is 3.18. The Balaban J connectivity index is 1.70. The lowest BCUT2D eigenvalue weighted by atomic mass is 10.0. The second-order valence-corrected chi connectivity index (χ2v) is 11.3. The Labute approximate surface area is 213 Å². The van der Waals surface area contributed by atoms with E-state index in [4.69, 9.17) is 9.72 Å². The van der Waals surface area contributed by atoms with E-state index in [0.29, 0.717) is 54.8 Å². The monoisotopic (exact) mass is 510 g/mol. The summed E-state index contributed by atoms with van der Waals surface area (Å²) in [5, 5.41) is 3.46. The minimum absolute atomic E-state index is 0.136. The number of nitrogens with one attached hydrogen (secondary N) is 1. The summed E-state index contributed by atoms with van der Waals surface area (Å²) in [5.41, 5.74) is 2.32. The third-order valence-electron chi connectivity index (χ3n) is 6.24. The molecule has 4 rings (SSSR count). The number of sulfonamides is 1. The number of amides is 1. The number of aromatic nitrogens is 2. The highest BCUT2D eigenvalue weighted by atomic mass is 32.2. The van der Waals surface area contributed by atoms with E-state index in [2.05, 4.69) is 10.3 Å². The van der Waals surface area contributed by atoms with Crippen LogP contribution in [0.4, 0.5) is 0 Å². The molecule has 1 N–H and O–H groups in total. The number of rotatable bonds is 9. The zero-order valence-corrected chi connectivity index (χ0v) is 21.8. The number of carbonyl (C=O) groups excluding carboxylic acids is 1. The molecule has 9 heteroatoms. The first-order chi connectivity index (χ1) is 17.4. The Morgan fingerprint density at radius 2 is 1.89 bits per heavy atom. The summed E-state index contributed by atoms with van der Waals surface area (Å²) < 4.78 is 34.0. The van der Waals surface area contributed by atoms with Gasteiger partial charge in [-0.05, 0) is 69.5 Å². The molecule has 1 aliphatic heterocycles. The van der Waals surface area contributed by atoms with Crippen molar-refractivity contribution in [3.8, 4) is 11.3 Å². The third kappa shape index (κ3) is 6.27. The van der Waals surface area contributed by atoms with Crippen LogP contribution < -0.4 is 5.32 Å². The van der Waals surface area contributed by atoms with E-state index in [0.717, 1.165) is 31.2 Å². The fourth-order valence-corrected chi connectivity index (χ4v) is 5.88. The van der Waals surface area contributed by atoms with Gasteiger partial charge in [0.1, 0.15) is 0 Å². The van der Waals surface area contributed by atoms with Gasteiger partial charge in [0.25, 0.3) is 5.91 Å². The van der Waals surface area contributed by atoms with Crippen LogP contribution in [0.2, 0.25) is 0 Å². The van der Waals surface area contributed by atoms with Gasteiger partial charge in [-0.3, -0.25) is 9.78 Å². The van der Waals surface area contributed by atoms with Gasteiger partial charge in [-0.15, -0.1) is 0 Å². The molecule has 3 aromatic rings. The molecule has 36 heavy (non-hydrogen) atoms. The molecule has 1 saturated heterocycles. The lowest BCUT2D eigenvalue weighted by molar-refractivity contribution is 0.0757. The van der Waals surface area contributed by atoms with Crippen LogP contribution in [0.3, 0.4) is 0 Å². The van der Waals surface area contributed by atoms with Crippen molar-refractivity contribution in [3.05, 3.63) is 54.4 Å². The van der Waals surface area contributed by atoms with Crippen molar-refractivity contribution in [1.82, 2.24) is 19.6 Å². The number of carbonyl (C=O) groups is 1. The lowest BCUT2D eigenvalue weighted by Gasteiger charge is -2.20. The molecule has 8 nitrogen and oxygen atoms in total. The fourth-order valence-electron chi connectivity index (χ4n) is 4.33. The molecule has 0 aliphatic carbocycles. The van der Waals surface area contributed by atoms with E-state index < -0.39 is 10.0 Å². The molecule has 1 fully saturated rings. The van der Waals surface area contributed by atoms with Gasteiger partial charge in [-0.1, -0.05) is 12.8 Å². The Morgan fingerprint density at radius 3 is 2.58 bits per heavy atom. The number of hydrogen-bond donors (Lipinski definition) is 1. The normalized spacial score (nSPS) is 15.2. The van der Waals surface area contributed by atoms with Crippen molar-refractivity contribution in [2.45, 2.75) is 57.0 Å². The summed E-state index contributed by atoms with van der Waals surface area (Å²) in [6.45, 7) is 5.98. The lowest BCUT2D eigenvalue weighted by Crippen LogP contribution is -2.32. The standard InChI is InChI=1S/C27H34N4O4S/c1-20(2)35-16-8-13-29-27(32)24-18-26(21-9-7-12-28-19-21)30-25-11-10-22(17-23(24)25)36(33,34)31-14-5-3-4-6-15-31/h7,9-12,17-20H,3-6,8,13-16H2,1-2H3,(H,29,32). The van der Waals surface area contributed by atoms with E-state index in [1.165, 1.54) is 0 Å². The highest BCUT2D eigenvalue weighted by molar-refractivity contribution is 7.89. The molecular formula is C27H34N4O4S. The smallest absolute Gasteiger partial charge is 0.252 e. The molecule has 1 amide bonds. The van der Waals surface area contributed by atoms with Crippen molar-refractivity contribution in [3.63, 3.8) is 0 Å². The van der Waals surface area contributed by atoms with Gasteiger partial charge >= 0.3 is 0 Å². The highest BCUT2D eigenvalue weighted by Crippen LogP contribution is 2.28. The molecular weight excluding hydrogens is 476 g/mol. The van der Waals surface area contributed by atoms with E-state index in [9.17, 15) is 13.2 Å². The maximum atomic E-state index is 13.4. The molecule has 3 heterocycles. The minimum atomic E-state index is -3.67. The molecule has 0 spiro atoms. The number of fused-ring (bicyclic) bond motifs is 1. The second kappa shape index (κ2) is 11.9. The van der Waals surface area contributed by atoms with Gasteiger partial charge in [0.2, 0.25) is 10.0 Å². The van der Waals surface area contributed by atoms with E-state index >= 15 is 0 Å². The van der Waals surface area contributed by atoms with Gasteiger partial charge in [0, 0.05) is 49.6 Å². The third-order valence-corrected chi connectivity index (χ3v) is 8.14. The maximum Gasteiger partial charge on any atom is 0.252 e. The molecule has 0 unspecified atom stereocenters. The first-order valence-electron chi connectivity index (χ1n) is 12.6. The SMILES string of the molecule is CC(C)OCCCNC(=O)c1cc(-c2cccnc2)nc2ccc(S(=O)(=O)N3CCCCCC3)cc12. The van der Waals surface area contributed by atoms with Crippen LogP contribution in [0.15, 0.2) is 53.7 Å². The summed E-state index contributed by atoms with van der Waals surface area (Å²) in [6, 6.07) is 10.3. The van der Waals surface area contributed by atoms with Gasteiger partial charge in [0.15, 0.2) is 0 Å². The summed E-state index contributed by atoms with van der Waals surface area (Å²) in [4.78, 5) is 22.4. The maximum absolute atomic E-state index is 13.4. The van der Waals surface area contributed by atoms with E-state index in [1.54, 1.807) is 41.0 Å². The van der Waals surface area contributed by atoms with Gasteiger partial charge in [0.05, 0.1) is 27.8 Å². The molecule has 2 aromatic heterocycles. The van der Waals surface area contributed by atoms with E-state index in [1.807, 2.05) is 26.0 Å². The molecule has 0 bridgehead atoms. The van der Waals surface area contributed by atoms with Crippen molar-refractivity contribution in [1.29, 1.82) is 0 Å². The summed E-state index contributed by atoms with van der Waals surface area (Å²) >= 11 is 0. The number of benzene rings is 1. The first-order valence-corrected chi connectivity index (χ1v) is 14.1.